The van der Waals surface area contributed by atoms with E-state index in [4.69, 9.17) is 0 Å². The van der Waals surface area contributed by atoms with Crippen LogP contribution in [0.4, 0.5) is 0 Å². The van der Waals surface area contributed by atoms with Crippen LogP contribution in [0.3, 0.4) is 0 Å². The molecule has 0 unspecified atom stereocenters. The van der Waals surface area contributed by atoms with Crippen LogP contribution in [0, 0.1) is 0 Å². The van der Waals surface area contributed by atoms with E-state index in [1.54, 1.807) is 0 Å². The summed E-state index contributed by atoms with van der Waals surface area (Å²) in [7, 11) is 0. The molecule has 0 heterocycles. The summed E-state index contributed by atoms with van der Waals surface area (Å²) >= 11 is 0. The number of hydrogen-bond acceptors (Lipinski definition) is 1. The lowest BCUT2D eigenvalue weighted by Gasteiger charge is -2.25. The summed E-state index contributed by atoms with van der Waals surface area (Å²) in [6, 6.07) is 31.3. The van der Waals surface area contributed by atoms with Gasteiger partial charge in [0.1, 0.15) is 0 Å². The highest BCUT2D eigenvalue weighted by Crippen LogP contribution is 2.44. The Morgan fingerprint density at radius 1 is 0.475 bits per heavy atom. The van der Waals surface area contributed by atoms with Crippen molar-refractivity contribution in [2.75, 3.05) is 0 Å². The van der Waals surface area contributed by atoms with Crippen LogP contribution in [0.25, 0.3) is 33.4 Å². The Hall–Kier alpha value is -3.16. The lowest BCUT2D eigenvalue weighted by Crippen LogP contribution is -2.11. The Kier molecular flexibility index (Phi) is 8.21. The standard InChI is InChI=1S/C39H48O/c1-11-34(40)36-33(27-14-20-30(21-15-27)38(5,6)7)25-24-32(26-12-18-29(19-13-26)37(2,3)4)35(36)28-16-22-31(23-17-28)39(8,9)10/h12-25,34,40H,11H2,1-10H3/t34-/m0/s1. The maximum Gasteiger partial charge on any atom is 0.0799 e. The van der Waals surface area contributed by atoms with Crippen molar-refractivity contribution in [2.45, 2.75) is 98.0 Å². The van der Waals surface area contributed by atoms with E-state index >= 15 is 0 Å². The molecule has 0 saturated carbocycles. The second-order valence-corrected chi connectivity index (χ2v) is 14.4. The first-order valence-corrected chi connectivity index (χ1v) is 14.8. The van der Waals surface area contributed by atoms with E-state index in [2.05, 4.69) is 154 Å². The molecule has 0 bridgehead atoms. The molecule has 1 N–H and O–H groups in total. The Balaban J connectivity index is 2.00. The van der Waals surface area contributed by atoms with Gasteiger partial charge in [-0.3, -0.25) is 0 Å². The van der Waals surface area contributed by atoms with Gasteiger partial charge in [-0.2, -0.15) is 0 Å². The van der Waals surface area contributed by atoms with Crippen LogP contribution >= 0.6 is 0 Å². The lowest BCUT2D eigenvalue weighted by molar-refractivity contribution is 0.175. The first-order chi connectivity index (χ1) is 18.6. The van der Waals surface area contributed by atoms with E-state index < -0.39 is 6.10 Å². The summed E-state index contributed by atoms with van der Waals surface area (Å²) in [5.41, 5.74) is 12.0. The van der Waals surface area contributed by atoms with E-state index in [0.717, 1.165) is 33.4 Å². The van der Waals surface area contributed by atoms with Gasteiger partial charge in [0, 0.05) is 0 Å². The minimum Gasteiger partial charge on any atom is -0.388 e. The van der Waals surface area contributed by atoms with Crippen molar-refractivity contribution in [3.63, 3.8) is 0 Å². The molecule has 1 atom stereocenters. The molecule has 0 fully saturated rings. The molecule has 1 heteroatoms. The van der Waals surface area contributed by atoms with Gasteiger partial charge in [0.15, 0.2) is 0 Å². The SMILES string of the molecule is CC[C@H](O)c1c(-c2ccc(C(C)(C)C)cc2)ccc(-c2ccc(C(C)(C)C)cc2)c1-c1ccc(C(C)(C)C)cc1. The molecule has 0 aliphatic heterocycles. The molecule has 0 aromatic heterocycles. The van der Waals surface area contributed by atoms with E-state index in [0.29, 0.717) is 6.42 Å². The van der Waals surface area contributed by atoms with Crippen LogP contribution in [0.2, 0.25) is 0 Å². The summed E-state index contributed by atoms with van der Waals surface area (Å²) in [5, 5.41) is 11.6. The normalized spacial score (nSPS) is 13.4. The predicted octanol–water partition coefficient (Wildman–Crippen LogP) is 11.0. The molecule has 0 aliphatic carbocycles. The molecule has 4 aromatic rings. The van der Waals surface area contributed by atoms with E-state index in [9.17, 15) is 5.11 Å². The van der Waals surface area contributed by atoms with Crippen LogP contribution in [-0.2, 0) is 16.2 Å². The van der Waals surface area contributed by atoms with Crippen LogP contribution < -0.4 is 0 Å². The number of benzene rings is 4. The molecule has 0 saturated heterocycles. The average molecular weight is 533 g/mol. The Morgan fingerprint density at radius 2 is 0.800 bits per heavy atom. The topological polar surface area (TPSA) is 20.2 Å². The molecule has 0 radical (unpaired) electrons. The Labute approximate surface area is 243 Å². The fourth-order valence-electron chi connectivity index (χ4n) is 5.41. The average Bonchev–Trinajstić information content (AvgIpc) is 2.90. The van der Waals surface area contributed by atoms with Crippen molar-refractivity contribution < 1.29 is 5.11 Å². The van der Waals surface area contributed by atoms with E-state index in [1.165, 1.54) is 22.3 Å². The first-order valence-electron chi connectivity index (χ1n) is 14.8. The minimum atomic E-state index is -0.580. The summed E-state index contributed by atoms with van der Waals surface area (Å²) in [6.45, 7) is 22.3. The van der Waals surface area contributed by atoms with Crippen LogP contribution in [0.15, 0.2) is 84.9 Å². The third-order valence-corrected chi connectivity index (χ3v) is 8.13. The van der Waals surface area contributed by atoms with Crippen molar-refractivity contribution in [3.8, 4) is 33.4 Å². The molecule has 0 amide bonds. The van der Waals surface area contributed by atoms with Gasteiger partial charge in [0.05, 0.1) is 6.10 Å². The van der Waals surface area contributed by atoms with Gasteiger partial charge in [-0.1, -0.05) is 154 Å². The lowest BCUT2D eigenvalue weighted by atomic mass is 9.80. The van der Waals surface area contributed by atoms with Crippen molar-refractivity contribution >= 4 is 0 Å². The summed E-state index contributed by atoms with van der Waals surface area (Å²) in [6.07, 6.45) is 0.0652. The molecule has 1 nitrogen and oxygen atoms in total. The van der Waals surface area contributed by atoms with Crippen molar-refractivity contribution in [1.82, 2.24) is 0 Å². The summed E-state index contributed by atoms with van der Waals surface area (Å²) < 4.78 is 0. The van der Waals surface area contributed by atoms with Gasteiger partial charge < -0.3 is 5.11 Å². The van der Waals surface area contributed by atoms with Gasteiger partial charge in [0.25, 0.3) is 0 Å². The highest BCUT2D eigenvalue weighted by Gasteiger charge is 2.24. The smallest absolute Gasteiger partial charge is 0.0799 e. The number of hydrogen-bond donors (Lipinski definition) is 1. The summed E-state index contributed by atoms with van der Waals surface area (Å²) in [4.78, 5) is 0. The molecule has 4 aromatic carbocycles. The van der Waals surface area contributed by atoms with Crippen LogP contribution in [0.5, 0.6) is 0 Å². The van der Waals surface area contributed by atoms with Gasteiger partial charge in [-0.25, -0.2) is 0 Å². The summed E-state index contributed by atoms with van der Waals surface area (Å²) in [5.74, 6) is 0. The molecule has 210 valence electrons. The van der Waals surface area contributed by atoms with E-state index in [-0.39, 0.29) is 16.2 Å². The monoisotopic (exact) mass is 532 g/mol. The third kappa shape index (κ3) is 6.26. The highest BCUT2D eigenvalue weighted by molar-refractivity contribution is 5.91. The molecular weight excluding hydrogens is 484 g/mol. The van der Waals surface area contributed by atoms with Crippen LogP contribution in [-0.4, -0.2) is 5.11 Å². The molecule has 0 spiro atoms. The quantitative estimate of drug-likeness (QED) is 0.271. The fraction of sp³-hybridized carbons (Fsp3) is 0.385. The van der Waals surface area contributed by atoms with Gasteiger partial charge in [-0.15, -0.1) is 0 Å². The predicted molar refractivity (Wildman–Crippen MR) is 174 cm³/mol. The van der Waals surface area contributed by atoms with Crippen molar-refractivity contribution in [3.05, 3.63) is 107 Å². The van der Waals surface area contributed by atoms with Crippen molar-refractivity contribution in [1.29, 1.82) is 0 Å². The Morgan fingerprint density at radius 3 is 1.15 bits per heavy atom. The zero-order valence-electron chi connectivity index (χ0n) is 26.3. The van der Waals surface area contributed by atoms with Crippen molar-refractivity contribution in [2.24, 2.45) is 0 Å². The van der Waals surface area contributed by atoms with Gasteiger partial charge in [-0.05, 0) is 78.3 Å². The zero-order chi connectivity index (χ0) is 29.5. The molecule has 40 heavy (non-hydrogen) atoms. The fourth-order valence-corrected chi connectivity index (χ4v) is 5.41. The molecule has 4 rings (SSSR count). The Bertz CT molecular complexity index is 1430. The first kappa shape index (κ1) is 29.8. The number of aliphatic hydroxyl groups excluding tert-OH is 1. The molecule has 0 aliphatic rings. The van der Waals surface area contributed by atoms with E-state index in [1.807, 2.05) is 0 Å². The second-order valence-electron chi connectivity index (χ2n) is 14.4. The zero-order valence-corrected chi connectivity index (χ0v) is 26.3. The van der Waals surface area contributed by atoms with Crippen LogP contribution in [0.1, 0.15) is 104 Å². The molecular formula is C39H48O. The largest absolute Gasteiger partial charge is 0.388 e. The number of aliphatic hydroxyl groups is 1. The van der Waals surface area contributed by atoms with Gasteiger partial charge in [0.2, 0.25) is 0 Å². The second kappa shape index (κ2) is 11.0. The maximum absolute atomic E-state index is 11.6. The third-order valence-electron chi connectivity index (χ3n) is 8.13. The van der Waals surface area contributed by atoms with Gasteiger partial charge >= 0.3 is 0 Å². The number of rotatable bonds is 5. The highest BCUT2D eigenvalue weighted by atomic mass is 16.3. The maximum atomic E-state index is 11.6. The minimum absolute atomic E-state index is 0.0760.